The van der Waals surface area contributed by atoms with Crippen molar-refractivity contribution in [1.29, 1.82) is 0 Å². The number of aryl methyl sites for hydroxylation is 1. The number of hydrogen-bond donors (Lipinski definition) is 0. The van der Waals surface area contributed by atoms with Gasteiger partial charge in [-0.2, -0.15) is 0 Å². The van der Waals surface area contributed by atoms with Crippen LogP contribution in [0.15, 0.2) is 106 Å². The molecule has 3 aromatic carbocycles. The monoisotopic (exact) mass is 617 g/mol. The van der Waals surface area contributed by atoms with Gasteiger partial charge in [-0.15, -0.1) is 0 Å². The first-order valence-corrected chi connectivity index (χ1v) is 15.6. The van der Waals surface area contributed by atoms with Crippen LogP contribution in [0.3, 0.4) is 0 Å². The highest BCUT2D eigenvalue weighted by molar-refractivity contribution is 8.15. The molecule has 1 atom stereocenters. The van der Waals surface area contributed by atoms with Gasteiger partial charge in [0.25, 0.3) is 5.24 Å². The van der Waals surface area contributed by atoms with Crippen LogP contribution in [0.25, 0.3) is 24.3 Å². The minimum absolute atomic E-state index is 0.103. The number of oxazole rings is 2. The van der Waals surface area contributed by atoms with Crippen LogP contribution >= 0.6 is 11.8 Å². The molecule has 2 amide bonds. The maximum Gasteiger partial charge on any atom is 0.289 e. The summed E-state index contributed by atoms with van der Waals surface area (Å²) in [5, 5.41) is -0.637. The fraction of sp³-hybridized carbons (Fsp3) is 0.167. The molecule has 1 aliphatic rings. The summed E-state index contributed by atoms with van der Waals surface area (Å²) < 4.78 is 16.9. The van der Waals surface area contributed by atoms with E-state index in [1.807, 2.05) is 103 Å². The van der Waals surface area contributed by atoms with Crippen molar-refractivity contribution in [2.24, 2.45) is 0 Å². The van der Waals surface area contributed by atoms with E-state index in [1.165, 1.54) is 11.2 Å². The van der Waals surface area contributed by atoms with Gasteiger partial charge >= 0.3 is 0 Å². The normalized spacial score (nSPS) is 15.1. The van der Waals surface area contributed by atoms with Crippen LogP contribution in [0.4, 0.5) is 4.79 Å². The number of carbonyl (C=O) groups is 2. The van der Waals surface area contributed by atoms with Gasteiger partial charge in [0.2, 0.25) is 17.7 Å². The Bertz CT molecular complexity index is 1780. The molecule has 0 radical (unpaired) electrons. The van der Waals surface area contributed by atoms with Gasteiger partial charge in [0.15, 0.2) is 0 Å². The number of nitrogens with zero attached hydrogens (tertiary/aromatic N) is 3. The lowest BCUT2D eigenvalue weighted by atomic mass is 10.1. The lowest BCUT2D eigenvalue weighted by Crippen LogP contribution is -2.31. The number of imide groups is 1. The molecule has 1 fully saturated rings. The second kappa shape index (κ2) is 14.5. The smallest absolute Gasteiger partial charge is 0.289 e. The van der Waals surface area contributed by atoms with Crippen molar-refractivity contribution < 1.29 is 23.2 Å². The fourth-order valence-corrected chi connectivity index (χ4v) is 5.83. The van der Waals surface area contributed by atoms with E-state index in [0.29, 0.717) is 36.2 Å². The number of hydrogen-bond acceptors (Lipinski definition) is 8. The van der Waals surface area contributed by atoms with E-state index < -0.39 is 0 Å². The first-order chi connectivity index (χ1) is 22.1. The largest absolute Gasteiger partial charge is 0.487 e. The van der Waals surface area contributed by atoms with E-state index in [9.17, 15) is 9.59 Å². The molecule has 0 N–H and O–H groups in total. The van der Waals surface area contributed by atoms with Gasteiger partial charge in [-0.1, -0.05) is 84.6 Å². The van der Waals surface area contributed by atoms with Crippen LogP contribution in [-0.2, 0) is 24.4 Å². The minimum Gasteiger partial charge on any atom is -0.487 e. The first kappa shape index (κ1) is 29.9. The van der Waals surface area contributed by atoms with Gasteiger partial charge in [-0.25, -0.2) is 9.97 Å². The molecule has 0 saturated carbocycles. The zero-order valence-corrected chi connectivity index (χ0v) is 25.3. The highest BCUT2D eigenvalue weighted by Gasteiger charge is 2.39. The summed E-state index contributed by atoms with van der Waals surface area (Å²) in [6.07, 6.45) is 12.7. The van der Waals surface area contributed by atoms with E-state index in [-0.39, 0.29) is 22.9 Å². The lowest BCUT2D eigenvalue weighted by molar-refractivity contribution is -0.127. The van der Waals surface area contributed by atoms with Crippen molar-refractivity contribution in [3.63, 3.8) is 0 Å². The van der Waals surface area contributed by atoms with E-state index in [0.717, 1.165) is 47.0 Å². The molecule has 9 heteroatoms. The van der Waals surface area contributed by atoms with Crippen LogP contribution in [0.1, 0.15) is 52.7 Å². The molecule has 8 nitrogen and oxygen atoms in total. The average Bonchev–Trinajstić information content (AvgIpc) is 3.80. The molecule has 1 unspecified atom stereocenters. The second-order valence-electron chi connectivity index (χ2n) is 10.5. The molecule has 0 bridgehead atoms. The number of benzene rings is 3. The van der Waals surface area contributed by atoms with Gasteiger partial charge in [0.1, 0.15) is 30.6 Å². The molecule has 3 heterocycles. The summed E-state index contributed by atoms with van der Waals surface area (Å²) in [5.41, 5.74) is 4.47. The number of ether oxygens (including phenoxy) is 1. The maximum atomic E-state index is 13.0. The first-order valence-electron chi connectivity index (χ1n) is 14.7. The van der Waals surface area contributed by atoms with Gasteiger partial charge in [-0.05, 0) is 60.2 Å². The second-order valence-corrected chi connectivity index (χ2v) is 11.6. The van der Waals surface area contributed by atoms with Gasteiger partial charge in [-0.3, -0.25) is 14.5 Å². The molecular formula is C36H31N3O5S. The summed E-state index contributed by atoms with van der Waals surface area (Å²) in [6.45, 7) is 0.402. The van der Waals surface area contributed by atoms with Crippen molar-refractivity contribution in [3.05, 3.63) is 137 Å². The Morgan fingerprint density at radius 3 is 2.00 bits per heavy atom. The highest BCUT2D eigenvalue weighted by atomic mass is 32.2. The Hall–Kier alpha value is -5.15. The molecule has 1 saturated heterocycles. The molecular weight excluding hydrogens is 586 g/mol. The van der Waals surface area contributed by atoms with Crippen LogP contribution in [0.5, 0.6) is 5.75 Å². The number of aromatic nitrogens is 2. The van der Waals surface area contributed by atoms with E-state index in [4.69, 9.17) is 13.6 Å². The number of thioether (sulfide) groups is 1. The molecule has 0 aliphatic carbocycles. The molecule has 6 rings (SSSR count). The van der Waals surface area contributed by atoms with Gasteiger partial charge in [0, 0.05) is 12.2 Å². The minimum atomic E-state index is -0.389. The topological polar surface area (TPSA) is 98.7 Å². The summed E-state index contributed by atoms with van der Waals surface area (Å²) >= 11 is 1.09. The molecule has 1 aliphatic heterocycles. The Balaban J connectivity index is 0.927. The number of amides is 2. The van der Waals surface area contributed by atoms with Crippen LogP contribution in [-0.4, -0.2) is 31.3 Å². The van der Waals surface area contributed by atoms with Crippen LogP contribution < -0.4 is 4.74 Å². The molecule has 2 aromatic heterocycles. The van der Waals surface area contributed by atoms with Gasteiger partial charge < -0.3 is 13.6 Å². The Morgan fingerprint density at radius 1 is 0.756 bits per heavy atom. The SMILES string of the molecule is O=C1SC(CCCc2ccc(OCc3coc(C=Cc4ccccc4)n3)cc2)C(=O)N1Cc1coc(C=Cc2ccccc2)n1. The standard InChI is InChI=1S/C36H31N3O5S/c40-35-32(45-36(41)39(35)22-29-23-43-33(37-29)20-16-26-8-3-1-4-9-26)13-7-12-28-14-18-31(19-15-28)42-24-30-25-44-34(38-30)21-17-27-10-5-2-6-11-27/h1-6,8-11,14-21,23,25,32H,7,12-13,22,24H2. The molecule has 226 valence electrons. The third kappa shape index (κ3) is 8.27. The molecule has 45 heavy (non-hydrogen) atoms. The zero-order valence-electron chi connectivity index (χ0n) is 24.5. The summed E-state index contributed by atoms with van der Waals surface area (Å²) in [7, 11) is 0. The third-order valence-corrected chi connectivity index (χ3v) is 8.29. The highest BCUT2D eigenvalue weighted by Crippen LogP contribution is 2.32. The molecule has 5 aromatic rings. The van der Waals surface area contributed by atoms with E-state index >= 15 is 0 Å². The van der Waals surface area contributed by atoms with Crippen molar-refractivity contribution in [2.75, 3.05) is 0 Å². The maximum absolute atomic E-state index is 13.0. The quantitative estimate of drug-likeness (QED) is 0.130. The summed E-state index contributed by atoms with van der Waals surface area (Å²) in [5.74, 6) is 1.51. The predicted molar refractivity (Wildman–Crippen MR) is 175 cm³/mol. The lowest BCUT2D eigenvalue weighted by Gasteiger charge is -2.12. The van der Waals surface area contributed by atoms with Crippen molar-refractivity contribution in [1.82, 2.24) is 14.9 Å². The molecule has 0 spiro atoms. The number of carbonyl (C=O) groups excluding carboxylic acids is 2. The van der Waals surface area contributed by atoms with Crippen LogP contribution in [0, 0.1) is 0 Å². The summed E-state index contributed by atoms with van der Waals surface area (Å²) in [6, 6.07) is 27.7. The zero-order chi connectivity index (χ0) is 30.8. The fourth-order valence-electron chi connectivity index (χ4n) is 4.79. The summed E-state index contributed by atoms with van der Waals surface area (Å²) in [4.78, 5) is 35.7. The van der Waals surface area contributed by atoms with Crippen molar-refractivity contribution in [3.8, 4) is 5.75 Å². The average molecular weight is 618 g/mol. The third-order valence-electron chi connectivity index (χ3n) is 7.14. The van der Waals surface area contributed by atoms with E-state index in [1.54, 1.807) is 12.3 Å². The van der Waals surface area contributed by atoms with E-state index in [2.05, 4.69) is 9.97 Å². The van der Waals surface area contributed by atoms with Crippen molar-refractivity contribution in [2.45, 2.75) is 37.7 Å². The number of rotatable bonds is 13. The van der Waals surface area contributed by atoms with Crippen LogP contribution in [0.2, 0.25) is 0 Å². The Kier molecular flexibility index (Phi) is 9.67. The Labute approximate surface area is 265 Å². The van der Waals surface area contributed by atoms with Gasteiger partial charge in [0.05, 0.1) is 17.5 Å². The van der Waals surface area contributed by atoms with Crippen molar-refractivity contribution >= 4 is 47.2 Å². The predicted octanol–water partition coefficient (Wildman–Crippen LogP) is 8.17. The Morgan fingerprint density at radius 2 is 1.36 bits per heavy atom.